The van der Waals surface area contributed by atoms with Crippen molar-refractivity contribution in [1.82, 2.24) is 9.78 Å². The Morgan fingerprint density at radius 1 is 1.37 bits per heavy atom. The molecule has 3 nitrogen and oxygen atoms in total. The van der Waals surface area contributed by atoms with Gasteiger partial charge in [0.15, 0.2) is 5.78 Å². The Labute approximate surface area is 113 Å². The van der Waals surface area contributed by atoms with Crippen molar-refractivity contribution < 1.29 is 4.79 Å². The van der Waals surface area contributed by atoms with Gasteiger partial charge in [0.25, 0.3) is 0 Å². The van der Waals surface area contributed by atoms with E-state index < -0.39 is 0 Å². The first-order chi connectivity index (χ1) is 9.06. The zero-order chi connectivity index (χ0) is 13.8. The van der Waals surface area contributed by atoms with E-state index in [4.69, 9.17) is 0 Å². The van der Waals surface area contributed by atoms with E-state index in [9.17, 15) is 4.79 Å². The van der Waals surface area contributed by atoms with Crippen molar-refractivity contribution in [3.05, 3.63) is 59.4 Å². The molecule has 0 unspecified atom stereocenters. The van der Waals surface area contributed by atoms with E-state index >= 15 is 0 Å². The number of rotatable bonds is 4. The predicted octanol–water partition coefficient (Wildman–Crippen LogP) is 3.67. The third-order valence-corrected chi connectivity index (χ3v) is 2.88. The first-order valence-electron chi connectivity index (χ1n) is 6.39. The van der Waals surface area contributed by atoms with Gasteiger partial charge < -0.3 is 0 Å². The monoisotopic (exact) mass is 254 g/mol. The number of aromatic nitrogens is 2. The molecule has 1 aromatic heterocycles. The lowest BCUT2D eigenvalue weighted by Crippen LogP contribution is -2.00. The number of benzene rings is 1. The molecule has 0 atom stereocenters. The molecule has 0 aliphatic rings. The fourth-order valence-electron chi connectivity index (χ4n) is 1.79. The minimum Gasteiger partial charge on any atom is -0.289 e. The minimum atomic E-state index is -0.0200. The van der Waals surface area contributed by atoms with Gasteiger partial charge in [0.2, 0.25) is 0 Å². The lowest BCUT2D eigenvalue weighted by Gasteiger charge is -2.02. The number of hydrogen-bond acceptors (Lipinski definition) is 2. The molecule has 98 valence electrons. The van der Waals surface area contributed by atoms with Gasteiger partial charge in [-0.2, -0.15) is 5.10 Å². The molecule has 2 rings (SSSR count). The number of carbonyl (C=O) groups is 1. The number of nitrogens with zero attached hydrogens (tertiary/aromatic N) is 2. The van der Waals surface area contributed by atoms with Gasteiger partial charge in [-0.3, -0.25) is 9.48 Å². The zero-order valence-corrected chi connectivity index (χ0v) is 11.5. The number of hydrogen-bond donors (Lipinski definition) is 0. The molecule has 0 fully saturated rings. The Morgan fingerprint density at radius 2 is 2.16 bits per heavy atom. The van der Waals surface area contributed by atoms with Gasteiger partial charge in [0.05, 0.1) is 11.8 Å². The highest BCUT2D eigenvalue weighted by atomic mass is 16.1. The maximum Gasteiger partial charge on any atom is 0.189 e. The molecule has 0 spiro atoms. The Hall–Kier alpha value is -2.16. The highest BCUT2D eigenvalue weighted by Crippen LogP contribution is 2.09. The second-order valence-corrected chi connectivity index (χ2v) is 4.91. The van der Waals surface area contributed by atoms with E-state index in [0.717, 1.165) is 5.56 Å². The average Bonchev–Trinajstić information content (AvgIpc) is 2.86. The molecule has 0 aliphatic heterocycles. The summed E-state index contributed by atoms with van der Waals surface area (Å²) in [7, 11) is 0. The summed E-state index contributed by atoms with van der Waals surface area (Å²) in [5, 5.41) is 4.17. The number of ketones is 1. The summed E-state index contributed by atoms with van der Waals surface area (Å²) < 4.78 is 1.79. The number of allylic oxidation sites excluding steroid dienone is 1. The molecule has 0 saturated heterocycles. The van der Waals surface area contributed by atoms with Gasteiger partial charge in [0, 0.05) is 12.2 Å². The van der Waals surface area contributed by atoms with Crippen LogP contribution in [0.3, 0.4) is 0 Å². The van der Waals surface area contributed by atoms with Crippen molar-refractivity contribution in [3.8, 4) is 0 Å². The SMILES string of the molecule is Cc1cccc(/C=C/C(=O)c2cnn(C(C)C)c2)c1. The molecule has 0 aliphatic carbocycles. The van der Waals surface area contributed by atoms with E-state index in [2.05, 4.69) is 5.10 Å². The first kappa shape index (κ1) is 13.3. The van der Waals surface area contributed by atoms with Gasteiger partial charge in [0.1, 0.15) is 0 Å². The molecule has 0 saturated carbocycles. The Kier molecular flexibility index (Phi) is 3.95. The van der Waals surface area contributed by atoms with Gasteiger partial charge in [-0.1, -0.05) is 35.9 Å². The van der Waals surface area contributed by atoms with Crippen LogP contribution in [0.15, 0.2) is 42.7 Å². The fraction of sp³-hybridized carbons (Fsp3) is 0.250. The van der Waals surface area contributed by atoms with Gasteiger partial charge in [-0.25, -0.2) is 0 Å². The largest absolute Gasteiger partial charge is 0.289 e. The zero-order valence-electron chi connectivity index (χ0n) is 11.5. The van der Waals surface area contributed by atoms with Crippen LogP contribution in [0.4, 0.5) is 0 Å². The number of aryl methyl sites for hydroxylation is 1. The lowest BCUT2D eigenvalue weighted by atomic mass is 10.1. The van der Waals surface area contributed by atoms with E-state index in [1.807, 2.05) is 51.1 Å². The summed E-state index contributed by atoms with van der Waals surface area (Å²) >= 11 is 0. The van der Waals surface area contributed by atoms with E-state index in [1.54, 1.807) is 23.2 Å². The second-order valence-electron chi connectivity index (χ2n) is 4.91. The van der Waals surface area contributed by atoms with Crippen molar-refractivity contribution in [2.75, 3.05) is 0 Å². The molecule has 19 heavy (non-hydrogen) atoms. The fourth-order valence-corrected chi connectivity index (χ4v) is 1.79. The van der Waals surface area contributed by atoms with Gasteiger partial charge in [-0.05, 0) is 32.4 Å². The van der Waals surface area contributed by atoms with Crippen LogP contribution in [0.25, 0.3) is 6.08 Å². The van der Waals surface area contributed by atoms with Crippen LogP contribution in [-0.4, -0.2) is 15.6 Å². The van der Waals surface area contributed by atoms with Crippen LogP contribution in [0.5, 0.6) is 0 Å². The molecule has 0 bridgehead atoms. The van der Waals surface area contributed by atoms with Crippen molar-refractivity contribution in [3.63, 3.8) is 0 Å². The third kappa shape index (κ3) is 3.41. The maximum absolute atomic E-state index is 12.0. The smallest absolute Gasteiger partial charge is 0.189 e. The number of carbonyl (C=O) groups excluding carboxylic acids is 1. The molecule has 1 heterocycles. The average molecular weight is 254 g/mol. The van der Waals surface area contributed by atoms with Gasteiger partial charge >= 0.3 is 0 Å². The standard InChI is InChI=1S/C16H18N2O/c1-12(2)18-11-15(10-17-18)16(19)8-7-14-6-4-5-13(3)9-14/h4-12H,1-3H3/b8-7+. The lowest BCUT2D eigenvalue weighted by molar-refractivity contribution is 0.104. The Morgan fingerprint density at radius 3 is 2.79 bits per heavy atom. The van der Waals surface area contributed by atoms with E-state index in [0.29, 0.717) is 5.56 Å². The van der Waals surface area contributed by atoms with Crippen LogP contribution < -0.4 is 0 Å². The van der Waals surface area contributed by atoms with Crippen molar-refractivity contribution >= 4 is 11.9 Å². The molecule has 0 N–H and O–H groups in total. The molecule has 1 aromatic carbocycles. The highest BCUT2D eigenvalue weighted by molar-refractivity contribution is 6.06. The quantitative estimate of drug-likeness (QED) is 0.616. The summed E-state index contributed by atoms with van der Waals surface area (Å²) in [5.74, 6) is -0.0200. The summed E-state index contributed by atoms with van der Waals surface area (Å²) in [6, 6.07) is 8.31. The molecule has 0 radical (unpaired) electrons. The first-order valence-corrected chi connectivity index (χ1v) is 6.39. The molecular formula is C16H18N2O. The normalized spacial score (nSPS) is 11.4. The molecule has 0 amide bonds. The summed E-state index contributed by atoms with van der Waals surface area (Å²) in [6.45, 7) is 6.10. The third-order valence-electron chi connectivity index (χ3n) is 2.88. The van der Waals surface area contributed by atoms with Crippen LogP contribution in [0, 0.1) is 6.92 Å². The van der Waals surface area contributed by atoms with Crippen molar-refractivity contribution in [2.24, 2.45) is 0 Å². The predicted molar refractivity (Wildman–Crippen MR) is 77.2 cm³/mol. The topological polar surface area (TPSA) is 34.9 Å². The molecular weight excluding hydrogens is 236 g/mol. The van der Waals surface area contributed by atoms with Crippen LogP contribution in [-0.2, 0) is 0 Å². The Bertz CT molecular complexity index is 609. The molecule has 2 aromatic rings. The minimum absolute atomic E-state index is 0.0200. The van der Waals surface area contributed by atoms with Crippen molar-refractivity contribution in [1.29, 1.82) is 0 Å². The summed E-state index contributed by atoms with van der Waals surface area (Å²) in [6.07, 6.45) is 6.83. The summed E-state index contributed by atoms with van der Waals surface area (Å²) in [5.41, 5.74) is 2.84. The molecule has 3 heteroatoms. The van der Waals surface area contributed by atoms with Crippen LogP contribution in [0.2, 0.25) is 0 Å². The van der Waals surface area contributed by atoms with E-state index in [-0.39, 0.29) is 11.8 Å². The van der Waals surface area contributed by atoms with Crippen LogP contribution in [0.1, 0.15) is 41.4 Å². The van der Waals surface area contributed by atoms with Gasteiger partial charge in [-0.15, -0.1) is 0 Å². The van der Waals surface area contributed by atoms with E-state index in [1.165, 1.54) is 5.56 Å². The van der Waals surface area contributed by atoms with Crippen molar-refractivity contribution in [2.45, 2.75) is 26.8 Å². The maximum atomic E-state index is 12.0. The highest BCUT2D eigenvalue weighted by Gasteiger charge is 2.06. The second kappa shape index (κ2) is 5.65. The summed E-state index contributed by atoms with van der Waals surface area (Å²) in [4.78, 5) is 12.0. The Balaban J connectivity index is 2.12. The van der Waals surface area contributed by atoms with Crippen LogP contribution >= 0.6 is 0 Å².